The summed E-state index contributed by atoms with van der Waals surface area (Å²) >= 11 is 0. The summed E-state index contributed by atoms with van der Waals surface area (Å²) in [5, 5.41) is 5.92. The number of rotatable bonds is 5. The Morgan fingerprint density at radius 2 is 2.09 bits per heavy atom. The molecule has 6 nitrogen and oxygen atoms in total. The largest absolute Gasteiger partial charge is 0.350 e. The van der Waals surface area contributed by atoms with Crippen molar-refractivity contribution in [3.05, 3.63) is 29.3 Å². The minimum atomic E-state index is -3.27. The predicted octanol–water partition coefficient (Wildman–Crippen LogP) is 1.16. The molecule has 0 aromatic heterocycles. The van der Waals surface area contributed by atoms with Crippen LogP contribution >= 0.6 is 12.4 Å². The maximum atomic E-state index is 12.2. The molecular weight excluding hydrogens is 338 g/mol. The molecule has 0 saturated carbocycles. The molecule has 1 amide bonds. The van der Waals surface area contributed by atoms with E-state index in [2.05, 4.69) is 10.6 Å². The second kappa shape index (κ2) is 7.99. The van der Waals surface area contributed by atoms with Crippen LogP contribution in [0.25, 0.3) is 0 Å². The number of hydrogen-bond donors (Lipinski definition) is 2. The highest BCUT2D eigenvalue weighted by atomic mass is 35.5. The first-order valence-electron chi connectivity index (χ1n) is 7.39. The second-order valence-electron chi connectivity index (χ2n) is 5.68. The average molecular weight is 362 g/mol. The van der Waals surface area contributed by atoms with Crippen molar-refractivity contribution >= 4 is 34.0 Å². The summed E-state index contributed by atoms with van der Waals surface area (Å²) in [7, 11) is -1.43. The smallest absolute Gasteiger partial charge is 0.251 e. The van der Waals surface area contributed by atoms with Crippen molar-refractivity contribution in [2.24, 2.45) is 0 Å². The molecule has 2 rings (SSSR count). The summed E-state index contributed by atoms with van der Waals surface area (Å²) < 4.78 is 25.0. The van der Waals surface area contributed by atoms with Crippen molar-refractivity contribution < 1.29 is 13.2 Å². The quantitative estimate of drug-likeness (QED) is 0.824. The lowest BCUT2D eigenvalue weighted by Crippen LogP contribution is -2.37. The zero-order valence-electron chi connectivity index (χ0n) is 13.6. The van der Waals surface area contributed by atoms with Crippen molar-refractivity contribution in [2.45, 2.75) is 25.8 Å². The van der Waals surface area contributed by atoms with Gasteiger partial charge in [0.05, 0.1) is 11.9 Å². The molecule has 0 radical (unpaired) electrons. The van der Waals surface area contributed by atoms with Crippen LogP contribution in [-0.4, -0.2) is 46.8 Å². The third kappa shape index (κ3) is 4.83. The van der Waals surface area contributed by atoms with Gasteiger partial charge < -0.3 is 10.6 Å². The summed E-state index contributed by atoms with van der Waals surface area (Å²) in [6.07, 6.45) is 2.76. The van der Waals surface area contributed by atoms with E-state index in [-0.39, 0.29) is 24.4 Å². The van der Waals surface area contributed by atoms with Crippen LogP contribution < -0.4 is 14.9 Å². The second-order valence-corrected chi connectivity index (χ2v) is 7.59. The fraction of sp³-hybridized carbons (Fsp3) is 0.533. The molecule has 0 bridgehead atoms. The van der Waals surface area contributed by atoms with Gasteiger partial charge in [-0.2, -0.15) is 0 Å². The van der Waals surface area contributed by atoms with Gasteiger partial charge in [0.15, 0.2) is 0 Å². The molecule has 1 heterocycles. The summed E-state index contributed by atoms with van der Waals surface area (Å²) in [6, 6.07) is 5.40. The number of carbonyl (C=O) groups is 1. The summed E-state index contributed by atoms with van der Waals surface area (Å²) in [5.74, 6) is -0.138. The van der Waals surface area contributed by atoms with Crippen LogP contribution in [0.3, 0.4) is 0 Å². The molecular formula is C15H24ClN3O3S. The van der Waals surface area contributed by atoms with Gasteiger partial charge in [-0.1, -0.05) is 0 Å². The monoisotopic (exact) mass is 361 g/mol. The molecule has 1 aliphatic heterocycles. The first-order chi connectivity index (χ1) is 10.3. The van der Waals surface area contributed by atoms with E-state index in [0.29, 0.717) is 24.3 Å². The minimum absolute atomic E-state index is 0. The number of amides is 1. The summed E-state index contributed by atoms with van der Waals surface area (Å²) in [5.41, 5.74) is 2.16. The van der Waals surface area contributed by atoms with Gasteiger partial charge in [0.25, 0.3) is 5.91 Å². The lowest BCUT2D eigenvalue weighted by molar-refractivity contribution is 0.0950. The minimum Gasteiger partial charge on any atom is -0.350 e. The SMILES string of the molecule is CNC(C)CNC(=O)c1ccc2c(c1)CCCN2S(C)(=O)=O.Cl. The van der Waals surface area contributed by atoms with E-state index in [9.17, 15) is 13.2 Å². The highest BCUT2D eigenvalue weighted by Crippen LogP contribution is 2.29. The maximum Gasteiger partial charge on any atom is 0.251 e. The zero-order chi connectivity index (χ0) is 16.3. The number of carbonyl (C=O) groups excluding carboxylic acids is 1. The van der Waals surface area contributed by atoms with E-state index in [4.69, 9.17) is 0 Å². The van der Waals surface area contributed by atoms with Gasteiger partial charge in [-0.05, 0) is 50.6 Å². The van der Waals surface area contributed by atoms with Crippen molar-refractivity contribution in [1.29, 1.82) is 0 Å². The number of nitrogens with one attached hydrogen (secondary N) is 2. The number of nitrogens with zero attached hydrogens (tertiary/aromatic N) is 1. The Hall–Kier alpha value is -1.31. The molecule has 2 N–H and O–H groups in total. The molecule has 1 atom stereocenters. The van der Waals surface area contributed by atoms with Crippen LogP contribution in [0.5, 0.6) is 0 Å². The maximum absolute atomic E-state index is 12.2. The number of likely N-dealkylation sites (N-methyl/N-ethyl adjacent to an activating group) is 1. The average Bonchev–Trinajstić information content (AvgIpc) is 2.50. The van der Waals surface area contributed by atoms with E-state index in [1.165, 1.54) is 10.6 Å². The van der Waals surface area contributed by atoms with Crippen molar-refractivity contribution in [3.63, 3.8) is 0 Å². The first-order valence-corrected chi connectivity index (χ1v) is 9.24. The number of anilines is 1. The first kappa shape index (κ1) is 19.7. The van der Waals surface area contributed by atoms with Gasteiger partial charge in [-0.25, -0.2) is 8.42 Å². The number of benzene rings is 1. The Morgan fingerprint density at radius 1 is 1.39 bits per heavy atom. The van der Waals surface area contributed by atoms with E-state index >= 15 is 0 Å². The van der Waals surface area contributed by atoms with Gasteiger partial charge in [0, 0.05) is 24.7 Å². The lowest BCUT2D eigenvalue weighted by atomic mass is 10.0. The Morgan fingerprint density at radius 3 is 2.70 bits per heavy atom. The molecule has 0 fully saturated rings. The lowest BCUT2D eigenvalue weighted by Gasteiger charge is -2.29. The molecule has 130 valence electrons. The number of sulfonamides is 1. The normalized spacial score (nSPS) is 15.3. The van der Waals surface area contributed by atoms with Crippen LogP contribution in [0, 0.1) is 0 Å². The van der Waals surface area contributed by atoms with E-state index in [1.807, 2.05) is 14.0 Å². The topological polar surface area (TPSA) is 78.5 Å². The molecule has 0 saturated heterocycles. The van der Waals surface area contributed by atoms with Crippen LogP contribution in [0.15, 0.2) is 18.2 Å². The van der Waals surface area contributed by atoms with Gasteiger partial charge in [-0.3, -0.25) is 9.10 Å². The third-order valence-corrected chi connectivity index (χ3v) is 5.06. The van der Waals surface area contributed by atoms with Gasteiger partial charge in [0.1, 0.15) is 0 Å². The summed E-state index contributed by atoms with van der Waals surface area (Å²) in [6.45, 7) is 3.02. The highest BCUT2D eigenvalue weighted by Gasteiger charge is 2.24. The number of fused-ring (bicyclic) bond motifs is 1. The van der Waals surface area contributed by atoms with Crippen molar-refractivity contribution in [1.82, 2.24) is 10.6 Å². The number of halogens is 1. The molecule has 1 unspecified atom stereocenters. The molecule has 0 spiro atoms. The molecule has 1 aromatic rings. The fourth-order valence-corrected chi connectivity index (χ4v) is 3.49. The Balaban J connectivity index is 0.00000264. The van der Waals surface area contributed by atoms with Gasteiger partial charge in [-0.15, -0.1) is 12.4 Å². The van der Waals surface area contributed by atoms with Gasteiger partial charge in [0.2, 0.25) is 10.0 Å². The molecule has 23 heavy (non-hydrogen) atoms. The zero-order valence-corrected chi connectivity index (χ0v) is 15.3. The van der Waals surface area contributed by atoms with Crippen molar-refractivity contribution in [3.8, 4) is 0 Å². The number of hydrogen-bond acceptors (Lipinski definition) is 4. The van der Waals surface area contributed by atoms with Gasteiger partial charge >= 0.3 is 0 Å². The molecule has 1 aromatic carbocycles. The number of aryl methyl sites for hydroxylation is 1. The van der Waals surface area contributed by atoms with Crippen molar-refractivity contribution in [2.75, 3.05) is 30.7 Å². The van der Waals surface area contributed by atoms with E-state index in [1.54, 1.807) is 18.2 Å². The predicted molar refractivity (Wildman–Crippen MR) is 95.1 cm³/mol. The summed E-state index contributed by atoms with van der Waals surface area (Å²) in [4.78, 5) is 12.2. The Labute approximate surface area is 144 Å². The van der Waals surface area contributed by atoms with Crippen LogP contribution in [-0.2, 0) is 16.4 Å². The van der Waals surface area contributed by atoms with Crippen LogP contribution in [0.4, 0.5) is 5.69 Å². The van der Waals surface area contributed by atoms with E-state index in [0.717, 1.165) is 18.4 Å². The third-order valence-electron chi connectivity index (χ3n) is 3.88. The van der Waals surface area contributed by atoms with Crippen LogP contribution in [0.2, 0.25) is 0 Å². The molecule has 0 aliphatic carbocycles. The fourth-order valence-electron chi connectivity index (χ4n) is 2.50. The highest BCUT2D eigenvalue weighted by molar-refractivity contribution is 7.92. The molecule has 1 aliphatic rings. The Bertz CT molecular complexity index is 664. The van der Waals surface area contributed by atoms with Crippen LogP contribution in [0.1, 0.15) is 29.3 Å². The Kier molecular flexibility index (Phi) is 6.85. The van der Waals surface area contributed by atoms with E-state index < -0.39 is 10.0 Å². The standard InChI is InChI=1S/C15H23N3O3S.ClH/c1-11(16-2)10-17-15(19)13-6-7-14-12(9-13)5-4-8-18(14)22(3,20)21;/h6-7,9,11,16H,4-5,8,10H2,1-3H3,(H,17,19);1H. The molecule has 8 heteroatoms.